The molecule has 32 heavy (non-hydrogen) atoms. The molecule has 0 N–H and O–H groups in total. The highest BCUT2D eigenvalue weighted by Gasteiger charge is 2.32. The highest BCUT2D eigenvalue weighted by Crippen LogP contribution is 2.31. The third-order valence-electron chi connectivity index (χ3n) is 5.02. The monoisotopic (exact) mass is 450 g/mol. The van der Waals surface area contributed by atoms with E-state index in [0.717, 1.165) is 37.3 Å². The third-order valence-corrected chi connectivity index (χ3v) is 5.02. The fraction of sp³-hybridized carbons (Fsp3) is 0.545. The van der Waals surface area contributed by atoms with Crippen LogP contribution in [0.3, 0.4) is 0 Å². The number of hydrogen-bond acceptors (Lipinski definition) is 6. The summed E-state index contributed by atoms with van der Waals surface area (Å²) in [6.45, 7) is 5.59. The maximum atomic E-state index is 15.1. The van der Waals surface area contributed by atoms with Crippen molar-refractivity contribution < 1.29 is 27.8 Å². The van der Waals surface area contributed by atoms with E-state index in [1.54, 1.807) is 6.07 Å². The Labute approximate surface area is 185 Å². The van der Waals surface area contributed by atoms with Crippen LogP contribution in [-0.2, 0) is 20.8 Å². The molecule has 2 rings (SSSR count). The van der Waals surface area contributed by atoms with Crippen molar-refractivity contribution in [2.45, 2.75) is 72.1 Å². The van der Waals surface area contributed by atoms with Crippen LogP contribution in [0, 0.1) is 23.0 Å². The molecule has 0 aliphatic carbocycles. The molecule has 0 saturated carbocycles. The Bertz CT molecular complexity index is 1020. The first-order valence-electron chi connectivity index (χ1n) is 10.7. The molecule has 0 aliphatic heterocycles. The van der Waals surface area contributed by atoms with E-state index in [9.17, 15) is 19.2 Å². The molecular weight excluding hydrogens is 422 g/mol. The molecule has 1 unspecified atom stereocenters. The lowest BCUT2D eigenvalue weighted by Gasteiger charge is -2.28. The summed E-state index contributed by atoms with van der Waals surface area (Å²) in [5.74, 6) is -2.27. The Kier molecular flexibility index (Phi) is 8.93. The van der Waals surface area contributed by atoms with Gasteiger partial charge in [-0.05, 0) is 25.8 Å². The molecule has 1 aromatic heterocycles. The molecule has 1 aromatic carbocycles. The van der Waals surface area contributed by atoms with Gasteiger partial charge in [-0.25, -0.2) is 23.5 Å². The minimum atomic E-state index is -1.14. The first kappa shape index (κ1) is 25.0. The molecule has 8 nitrogen and oxygen atoms in total. The molecule has 2 aromatic rings. The van der Waals surface area contributed by atoms with E-state index in [0.29, 0.717) is 12.8 Å². The number of fused-ring (bicyclic) bond motifs is 1. The second-order valence-electron chi connectivity index (χ2n) is 7.34. The molecular formula is C22H28F2N4O4. The van der Waals surface area contributed by atoms with E-state index in [1.807, 2.05) is 13.8 Å². The number of nitriles is 1. The number of imidazole rings is 1. The Hall–Kier alpha value is -3.22. The number of methoxy groups -OCH3 is 1. The van der Waals surface area contributed by atoms with Crippen LogP contribution < -0.4 is 4.90 Å². The molecule has 1 atom stereocenters. The maximum Gasteiger partial charge on any atom is 0.509 e. The van der Waals surface area contributed by atoms with Crippen LogP contribution in [0.2, 0.25) is 0 Å². The zero-order chi connectivity index (χ0) is 23.8. The van der Waals surface area contributed by atoms with Crippen molar-refractivity contribution in [3.05, 3.63) is 23.3 Å². The second-order valence-corrected chi connectivity index (χ2v) is 7.34. The average Bonchev–Trinajstić information content (AvgIpc) is 3.14. The van der Waals surface area contributed by atoms with E-state index in [1.165, 1.54) is 11.5 Å². The van der Waals surface area contributed by atoms with Crippen molar-refractivity contribution >= 4 is 29.0 Å². The molecule has 0 spiro atoms. The first-order valence-corrected chi connectivity index (χ1v) is 10.7. The van der Waals surface area contributed by atoms with Crippen LogP contribution in [0.1, 0.15) is 64.9 Å². The van der Waals surface area contributed by atoms with Crippen LogP contribution in [0.15, 0.2) is 6.07 Å². The molecule has 174 valence electrons. The Morgan fingerprint density at radius 3 is 2.53 bits per heavy atom. The quantitative estimate of drug-likeness (QED) is 0.286. The number of aryl methyl sites for hydroxylation is 1. The normalized spacial score (nSPS) is 11.8. The highest BCUT2D eigenvalue weighted by atomic mass is 19.1. The number of anilines is 1. The number of carbonyl (C=O) groups excluding carboxylic acids is 2. The second kappa shape index (κ2) is 11.4. The minimum Gasteiger partial charge on any atom is -0.438 e. The molecule has 0 bridgehead atoms. The summed E-state index contributed by atoms with van der Waals surface area (Å²) < 4.78 is 40.8. The molecule has 0 saturated heterocycles. The van der Waals surface area contributed by atoms with Gasteiger partial charge in [0.1, 0.15) is 17.1 Å². The Morgan fingerprint density at radius 1 is 1.25 bits per heavy atom. The lowest BCUT2D eigenvalue weighted by atomic mass is 10.2. The van der Waals surface area contributed by atoms with Gasteiger partial charge < -0.3 is 14.0 Å². The number of ether oxygens (including phenoxy) is 2. The zero-order valence-corrected chi connectivity index (χ0v) is 18.8. The van der Waals surface area contributed by atoms with Crippen molar-refractivity contribution in [2.24, 2.45) is 0 Å². The largest absolute Gasteiger partial charge is 0.509 e. The van der Waals surface area contributed by atoms with Crippen molar-refractivity contribution in [1.82, 2.24) is 9.55 Å². The number of unbranched alkanes of at least 4 members (excludes halogenated alkanes) is 3. The van der Waals surface area contributed by atoms with Crippen LogP contribution in [0.5, 0.6) is 0 Å². The number of benzene rings is 1. The van der Waals surface area contributed by atoms with Gasteiger partial charge in [-0.1, -0.05) is 33.1 Å². The molecule has 0 aliphatic rings. The predicted molar refractivity (Wildman–Crippen MR) is 114 cm³/mol. The van der Waals surface area contributed by atoms with Gasteiger partial charge in [0.05, 0.1) is 12.7 Å². The summed E-state index contributed by atoms with van der Waals surface area (Å²) in [5.41, 5.74) is -0.968. The van der Waals surface area contributed by atoms with Gasteiger partial charge in [0.2, 0.25) is 11.9 Å². The number of aromatic nitrogens is 2. The third kappa shape index (κ3) is 5.33. The molecule has 0 fully saturated rings. The summed E-state index contributed by atoms with van der Waals surface area (Å²) >= 11 is 0. The summed E-state index contributed by atoms with van der Waals surface area (Å²) in [5, 5.41) is 9.19. The average molecular weight is 450 g/mol. The molecule has 0 radical (unpaired) electrons. The number of hydrogen-bond donors (Lipinski definition) is 0. The smallest absolute Gasteiger partial charge is 0.438 e. The molecule has 10 heteroatoms. The van der Waals surface area contributed by atoms with Gasteiger partial charge in [0, 0.05) is 13.0 Å². The summed E-state index contributed by atoms with van der Waals surface area (Å²) in [7, 11) is 1.13. The van der Waals surface area contributed by atoms with Crippen molar-refractivity contribution in [1.29, 1.82) is 5.26 Å². The van der Waals surface area contributed by atoms with Crippen LogP contribution >= 0.6 is 0 Å². The van der Waals surface area contributed by atoms with E-state index < -0.39 is 35.5 Å². The van der Waals surface area contributed by atoms with Gasteiger partial charge in [-0.2, -0.15) is 5.26 Å². The van der Waals surface area contributed by atoms with Crippen LogP contribution in [0.25, 0.3) is 11.0 Å². The molecule has 1 heterocycles. The SMILES string of the molecule is CCCCCC(=O)N(c1nc2c(F)cc(C#N)c(F)c2n1CCCC)C(C)OC(=O)OC. The summed E-state index contributed by atoms with van der Waals surface area (Å²) in [4.78, 5) is 30.2. The number of nitrogens with zero attached hydrogens (tertiary/aromatic N) is 4. The lowest BCUT2D eigenvalue weighted by Crippen LogP contribution is -2.43. The number of halogens is 2. The van der Waals surface area contributed by atoms with E-state index >= 15 is 4.39 Å². The van der Waals surface area contributed by atoms with E-state index in [-0.39, 0.29) is 29.9 Å². The topological polar surface area (TPSA) is 97.5 Å². The fourth-order valence-electron chi connectivity index (χ4n) is 3.37. The Balaban J connectivity index is 2.70. The van der Waals surface area contributed by atoms with E-state index in [4.69, 9.17) is 4.74 Å². The van der Waals surface area contributed by atoms with Crippen molar-refractivity contribution in [3.8, 4) is 6.07 Å². The fourth-order valence-corrected chi connectivity index (χ4v) is 3.37. The lowest BCUT2D eigenvalue weighted by molar-refractivity contribution is -0.120. The summed E-state index contributed by atoms with van der Waals surface area (Å²) in [6, 6.07) is 2.42. The number of carbonyl (C=O) groups is 2. The van der Waals surface area contributed by atoms with Crippen molar-refractivity contribution in [2.75, 3.05) is 12.0 Å². The van der Waals surface area contributed by atoms with Gasteiger partial charge in [-0.15, -0.1) is 0 Å². The van der Waals surface area contributed by atoms with Gasteiger partial charge in [0.25, 0.3) is 0 Å². The zero-order valence-electron chi connectivity index (χ0n) is 18.8. The first-order chi connectivity index (χ1) is 15.3. The van der Waals surface area contributed by atoms with E-state index in [2.05, 4.69) is 9.72 Å². The standard InChI is InChI=1S/C22H28F2N4O4/c1-5-7-9-10-17(29)28(14(3)32-22(30)31-4)21-26-19-16(23)12-15(13-25)18(24)20(19)27(21)11-8-6-2/h12,14H,5-11H2,1-4H3. The van der Waals surface area contributed by atoms with Gasteiger partial charge in [0.15, 0.2) is 17.9 Å². The highest BCUT2D eigenvalue weighted by molar-refractivity contribution is 5.94. The molecule has 1 amide bonds. The van der Waals surface area contributed by atoms with Crippen LogP contribution in [-0.4, -0.2) is 35.0 Å². The van der Waals surface area contributed by atoms with Crippen LogP contribution in [0.4, 0.5) is 19.5 Å². The van der Waals surface area contributed by atoms with Gasteiger partial charge >= 0.3 is 6.16 Å². The number of rotatable bonds is 10. The van der Waals surface area contributed by atoms with Gasteiger partial charge in [-0.3, -0.25) is 4.79 Å². The minimum absolute atomic E-state index is 0.0563. The van der Waals surface area contributed by atoms with Crippen molar-refractivity contribution in [3.63, 3.8) is 0 Å². The maximum absolute atomic E-state index is 15.1. The Morgan fingerprint density at radius 2 is 1.94 bits per heavy atom. The number of amides is 1. The predicted octanol–water partition coefficient (Wildman–Crippen LogP) is 5.03. The summed E-state index contributed by atoms with van der Waals surface area (Å²) in [6.07, 6.45) is 1.60.